The molecule has 1 aromatic carbocycles. The molecule has 22 heavy (non-hydrogen) atoms. The second-order valence-electron chi connectivity index (χ2n) is 5.25. The lowest BCUT2D eigenvalue weighted by atomic mass is 10.3. The van der Waals surface area contributed by atoms with Crippen molar-refractivity contribution in [1.82, 2.24) is 10.2 Å². The van der Waals surface area contributed by atoms with Crippen molar-refractivity contribution in [2.45, 2.75) is 12.5 Å². The molecule has 0 saturated carbocycles. The third-order valence-electron chi connectivity index (χ3n) is 3.43. The molecule has 1 fully saturated rings. The Balaban J connectivity index is 1.74. The lowest BCUT2D eigenvalue weighted by Gasteiger charge is -2.20. The minimum absolute atomic E-state index is 0.0166. The first-order chi connectivity index (χ1) is 10.4. The van der Waals surface area contributed by atoms with E-state index in [4.69, 9.17) is 16.3 Å². The van der Waals surface area contributed by atoms with Gasteiger partial charge in [0.15, 0.2) is 9.84 Å². The van der Waals surface area contributed by atoms with E-state index >= 15 is 0 Å². The van der Waals surface area contributed by atoms with Gasteiger partial charge in [-0.25, -0.2) is 13.2 Å². The molecule has 8 heteroatoms. The van der Waals surface area contributed by atoms with Crippen LogP contribution in [0.5, 0.6) is 5.75 Å². The fourth-order valence-corrected chi connectivity index (χ4v) is 4.01. The number of benzene rings is 1. The van der Waals surface area contributed by atoms with E-state index in [2.05, 4.69) is 5.32 Å². The maximum Gasteiger partial charge on any atom is 0.317 e. The zero-order valence-corrected chi connectivity index (χ0v) is 13.9. The molecule has 1 heterocycles. The summed E-state index contributed by atoms with van der Waals surface area (Å²) in [6.45, 7) is 0.674. The van der Waals surface area contributed by atoms with Crippen LogP contribution in [-0.4, -0.2) is 57.1 Å². The van der Waals surface area contributed by atoms with Gasteiger partial charge in [0.1, 0.15) is 12.4 Å². The van der Waals surface area contributed by atoms with Gasteiger partial charge >= 0.3 is 6.03 Å². The first-order valence-corrected chi connectivity index (χ1v) is 9.17. The topological polar surface area (TPSA) is 75.7 Å². The fourth-order valence-electron chi connectivity index (χ4n) is 2.15. The molecule has 6 nitrogen and oxygen atoms in total. The van der Waals surface area contributed by atoms with E-state index in [9.17, 15) is 13.2 Å². The summed E-state index contributed by atoms with van der Waals surface area (Å²) in [6, 6.07) is 6.51. The number of nitrogens with one attached hydrogen (secondary N) is 1. The Bertz CT molecular complexity index is 635. The number of para-hydroxylation sites is 1. The minimum atomic E-state index is -3.00. The van der Waals surface area contributed by atoms with Crippen LogP contribution >= 0.6 is 11.6 Å². The van der Waals surface area contributed by atoms with Gasteiger partial charge in [-0.15, -0.1) is 0 Å². The molecule has 0 aliphatic carbocycles. The number of halogens is 1. The first kappa shape index (κ1) is 16.9. The predicted octanol–water partition coefficient (Wildman–Crippen LogP) is 1.55. The van der Waals surface area contributed by atoms with E-state index in [1.807, 2.05) is 12.1 Å². The quantitative estimate of drug-likeness (QED) is 0.877. The zero-order valence-electron chi connectivity index (χ0n) is 12.3. The standard InChI is InChI=1S/C14H19ClN2O4S/c1-17(7-8-21-13-5-3-2-4-12(13)15)14(18)16-11-6-9-22(19,20)10-11/h2-5,11H,6-10H2,1H3,(H,16,18). The molecule has 0 bridgehead atoms. The summed E-state index contributed by atoms with van der Waals surface area (Å²) < 4.78 is 28.2. The van der Waals surface area contributed by atoms with Gasteiger partial charge in [-0.2, -0.15) is 0 Å². The van der Waals surface area contributed by atoms with Crippen molar-refractivity contribution in [3.05, 3.63) is 29.3 Å². The van der Waals surface area contributed by atoms with Crippen LogP contribution in [0.4, 0.5) is 4.79 Å². The summed E-state index contributed by atoms with van der Waals surface area (Å²) in [5.74, 6) is 0.722. The van der Waals surface area contributed by atoms with Crippen molar-refractivity contribution >= 4 is 27.5 Å². The highest BCUT2D eigenvalue weighted by Gasteiger charge is 2.29. The van der Waals surface area contributed by atoms with Crippen LogP contribution in [0.15, 0.2) is 24.3 Å². The molecule has 1 aliphatic heterocycles. The van der Waals surface area contributed by atoms with Crippen LogP contribution in [0.2, 0.25) is 5.02 Å². The molecule has 0 aromatic heterocycles. The van der Waals surface area contributed by atoms with Crippen LogP contribution in [0.3, 0.4) is 0 Å². The number of sulfone groups is 1. The number of carbonyl (C=O) groups is 1. The van der Waals surface area contributed by atoms with E-state index in [1.165, 1.54) is 4.90 Å². The smallest absolute Gasteiger partial charge is 0.317 e. The maximum atomic E-state index is 12.0. The van der Waals surface area contributed by atoms with Crippen LogP contribution < -0.4 is 10.1 Å². The van der Waals surface area contributed by atoms with Crippen molar-refractivity contribution in [1.29, 1.82) is 0 Å². The highest BCUT2D eigenvalue weighted by Crippen LogP contribution is 2.22. The lowest BCUT2D eigenvalue weighted by Crippen LogP contribution is -2.44. The third kappa shape index (κ3) is 4.78. The SMILES string of the molecule is CN(CCOc1ccccc1Cl)C(=O)NC1CCS(=O)(=O)C1. The third-order valence-corrected chi connectivity index (χ3v) is 5.51. The van der Waals surface area contributed by atoms with Gasteiger partial charge in [0.05, 0.1) is 23.1 Å². The van der Waals surface area contributed by atoms with Gasteiger partial charge in [0, 0.05) is 13.1 Å². The molecule has 1 aliphatic rings. The lowest BCUT2D eigenvalue weighted by molar-refractivity contribution is 0.192. The van der Waals surface area contributed by atoms with Crippen molar-refractivity contribution in [2.75, 3.05) is 31.7 Å². The second kappa shape index (κ2) is 7.19. The number of rotatable bonds is 5. The minimum Gasteiger partial charge on any atom is -0.490 e. The monoisotopic (exact) mass is 346 g/mol. The van der Waals surface area contributed by atoms with Crippen molar-refractivity contribution in [2.24, 2.45) is 0 Å². The number of urea groups is 1. The van der Waals surface area contributed by atoms with Crippen LogP contribution in [0.1, 0.15) is 6.42 Å². The van der Waals surface area contributed by atoms with E-state index in [1.54, 1.807) is 19.2 Å². The molecule has 1 unspecified atom stereocenters. The van der Waals surface area contributed by atoms with Crippen LogP contribution in [0.25, 0.3) is 0 Å². The van der Waals surface area contributed by atoms with Gasteiger partial charge < -0.3 is 15.0 Å². The number of nitrogens with zero attached hydrogens (tertiary/aromatic N) is 1. The fraction of sp³-hybridized carbons (Fsp3) is 0.500. The van der Waals surface area contributed by atoms with Crippen molar-refractivity contribution < 1.29 is 17.9 Å². The van der Waals surface area contributed by atoms with E-state index in [0.717, 1.165) is 0 Å². The Morgan fingerprint density at radius 1 is 1.45 bits per heavy atom. The Kier molecular flexibility index (Phi) is 5.52. The number of hydrogen-bond donors (Lipinski definition) is 1. The van der Waals surface area contributed by atoms with Gasteiger partial charge in [0.2, 0.25) is 0 Å². The maximum absolute atomic E-state index is 12.0. The molecule has 0 spiro atoms. The summed E-state index contributed by atoms with van der Waals surface area (Å²) in [4.78, 5) is 13.4. The Hall–Kier alpha value is -1.47. The van der Waals surface area contributed by atoms with Crippen LogP contribution in [0, 0.1) is 0 Å². The summed E-state index contributed by atoms with van der Waals surface area (Å²) in [5, 5.41) is 3.24. The highest BCUT2D eigenvalue weighted by atomic mass is 35.5. The number of ether oxygens (including phenoxy) is 1. The molecule has 1 saturated heterocycles. The van der Waals surface area contributed by atoms with Gasteiger partial charge in [-0.05, 0) is 18.6 Å². The molecule has 2 rings (SSSR count). The van der Waals surface area contributed by atoms with Gasteiger partial charge in [0.25, 0.3) is 0 Å². The van der Waals surface area contributed by atoms with Crippen LogP contribution in [-0.2, 0) is 9.84 Å². The molecular weight excluding hydrogens is 328 g/mol. The molecule has 0 radical (unpaired) electrons. The number of carbonyl (C=O) groups excluding carboxylic acids is 1. The summed E-state index contributed by atoms with van der Waals surface area (Å²) in [6.07, 6.45) is 0.470. The Labute approximate surface area is 135 Å². The summed E-state index contributed by atoms with van der Waals surface area (Å²) in [5.41, 5.74) is 0. The molecule has 122 valence electrons. The summed E-state index contributed by atoms with van der Waals surface area (Å²) in [7, 11) is -1.36. The highest BCUT2D eigenvalue weighted by molar-refractivity contribution is 7.91. The molecule has 2 amide bonds. The Morgan fingerprint density at radius 2 is 2.18 bits per heavy atom. The van der Waals surface area contributed by atoms with E-state index in [-0.39, 0.29) is 23.6 Å². The average Bonchev–Trinajstić information content (AvgIpc) is 2.79. The second-order valence-corrected chi connectivity index (χ2v) is 7.89. The predicted molar refractivity (Wildman–Crippen MR) is 85.2 cm³/mol. The molecule has 1 atom stereocenters. The Morgan fingerprint density at radius 3 is 2.82 bits per heavy atom. The van der Waals surface area contributed by atoms with E-state index < -0.39 is 9.84 Å². The normalized spacial score (nSPS) is 19.6. The number of amides is 2. The molecule has 1 N–H and O–H groups in total. The number of likely N-dealkylation sites (N-methyl/N-ethyl adjacent to an activating group) is 1. The van der Waals surface area contributed by atoms with Gasteiger partial charge in [-0.1, -0.05) is 23.7 Å². The summed E-state index contributed by atoms with van der Waals surface area (Å²) >= 11 is 5.97. The van der Waals surface area contributed by atoms with E-state index in [0.29, 0.717) is 30.3 Å². The molecular formula is C14H19ClN2O4S. The zero-order chi connectivity index (χ0) is 16.2. The average molecular weight is 347 g/mol. The van der Waals surface area contributed by atoms with Crippen molar-refractivity contribution in [3.63, 3.8) is 0 Å². The van der Waals surface area contributed by atoms with Crippen molar-refractivity contribution in [3.8, 4) is 5.75 Å². The largest absolute Gasteiger partial charge is 0.490 e. The first-order valence-electron chi connectivity index (χ1n) is 6.97. The molecule has 1 aromatic rings. The van der Waals surface area contributed by atoms with Gasteiger partial charge in [-0.3, -0.25) is 0 Å². The number of hydrogen-bond acceptors (Lipinski definition) is 4.